The minimum Gasteiger partial charge on any atom is -0.322 e. The van der Waals surface area contributed by atoms with Gasteiger partial charge in [0.15, 0.2) is 0 Å². The van der Waals surface area contributed by atoms with Crippen LogP contribution in [-0.2, 0) is 4.79 Å². The van der Waals surface area contributed by atoms with Gasteiger partial charge in [0.1, 0.15) is 0 Å². The monoisotopic (exact) mass is 286 g/mol. The zero-order valence-electron chi connectivity index (χ0n) is 11.9. The van der Waals surface area contributed by atoms with E-state index in [1.54, 1.807) is 17.4 Å². The molecular weight excluding hydrogens is 268 g/mol. The molecule has 4 heteroatoms. The molecule has 2 rings (SSSR count). The molecule has 0 bridgehead atoms. The molecule has 0 aliphatic rings. The van der Waals surface area contributed by atoms with E-state index in [4.69, 9.17) is 0 Å². The molecule has 0 fully saturated rings. The highest BCUT2D eigenvalue weighted by atomic mass is 32.1. The van der Waals surface area contributed by atoms with Crippen molar-refractivity contribution in [3.05, 3.63) is 52.0 Å². The molecule has 1 aromatic carbocycles. The van der Waals surface area contributed by atoms with Crippen LogP contribution >= 0.6 is 11.3 Å². The first-order valence-corrected chi connectivity index (χ1v) is 7.44. The first-order chi connectivity index (χ1) is 9.56. The molecule has 0 saturated carbocycles. The van der Waals surface area contributed by atoms with Crippen molar-refractivity contribution in [1.82, 2.24) is 4.98 Å². The Balaban J connectivity index is 2.07. The summed E-state index contributed by atoms with van der Waals surface area (Å²) in [6.07, 6.45) is 3.25. The van der Waals surface area contributed by atoms with E-state index in [1.807, 2.05) is 36.6 Å². The van der Waals surface area contributed by atoms with Crippen LogP contribution in [-0.4, -0.2) is 10.9 Å². The number of thiazole rings is 1. The maximum absolute atomic E-state index is 11.9. The summed E-state index contributed by atoms with van der Waals surface area (Å²) in [4.78, 5) is 16.2. The highest BCUT2D eigenvalue weighted by Gasteiger charge is 2.07. The van der Waals surface area contributed by atoms with E-state index in [1.165, 1.54) is 6.08 Å². The quantitative estimate of drug-likeness (QED) is 0.855. The second-order valence-electron chi connectivity index (χ2n) is 4.86. The number of hydrogen-bond donors (Lipinski definition) is 1. The molecule has 0 radical (unpaired) electrons. The number of carbonyl (C=O) groups excluding carboxylic acids is 1. The molecule has 0 aliphatic heterocycles. The molecule has 0 aliphatic carbocycles. The highest BCUT2D eigenvalue weighted by molar-refractivity contribution is 7.09. The molecule has 20 heavy (non-hydrogen) atoms. The largest absolute Gasteiger partial charge is 0.322 e. The number of para-hydroxylation sites is 1. The second-order valence-corrected chi connectivity index (χ2v) is 5.92. The van der Waals surface area contributed by atoms with Crippen LogP contribution in [0.5, 0.6) is 0 Å². The Kier molecular flexibility index (Phi) is 4.69. The Hall–Kier alpha value is -1.94. The van der Waals surface area contributed by atoms with Gasteiger partial charge in [0, 0.05) is 17.1 Å². The van der Waals surface area contributed by atoms with Gasteiger partial charge in [-0.1, -0.05) is 32.0 Å². The number of aromatic nitrogens is 1. The molecule has 1 heterocycles. The van der Waals surface area contributed by atoms with E-state index >= 15 is 0 Å². The molecule has 1 N–H and O–H groups in total. The number of nitrogens with zero attached hydrogens (tertiary/aromatic N) is 1. The van der Waals surface area contributed by atoms with Gasteiger partial charge in [-0.25, -0.2) is 4.98 Å². The number of aryl methyl sites for hydroxylation is 1. The lowest BCUT2D eigenvalue weighted by Gasteiger charge is -2.12. The average molecular weight is 286 g/mol. The van der Waals surface area contributed by atoms with Crippen LogP contribution in [0, 0.1) is 6.92 Å². The van der Waals surface area contributed by atoms with E-state index < -0.39 is 0 Å². The van der Waals surface area contributed by atoms with E-state index in [0.717, 1.165) is 22.0 Å². The number of amides is 1. The summed E-state index contributed by atoms with van der Waals surface area (Å²) in [5.41, 5.74) is 2.82. The number of hydrogen-bond acceptors (Lipinski definition) is 3. The van der Waals surface area contributed by atoms with Crippen LogP contribution in [0.3, 0.4) is 0 Å². The maximum Gasteiger partial charge on any atom is 0.248 e. The lowest BCUT2D eigenvalue weighted by atomic mass is 10.0. The predicted octanol–water partition coefficient (Wildman–Crippen LogP) is 4.23. The lowest BCUT2D eigenvalue weighted by molar-refractivity contribution is -0.111. The Morgan fingerprint density at radius 1 is 1.35 bits per heavy atom. The van der Waals surface area contributed by atoms with Gasteiger partial charge in [0.05, 0.1) is 10.7 Å². The van der Waals surface area contributed by atoms with Crippen molar-refractivity contribution in [3.63, 3.8) is 0 Å². The third-order valence-corrected chi connectivity index (χ3v) is 3.67. The number of anilines is 1. The fourth-order valence-electron chi connectivity index (χ4n) is 1.91. The molecule has 0 saturated heterocycles. The van der Waals surface area contributed by atoms with Crippen LogP contribution in [0.15, 0.2) is 35.7 Å². The summed E-state index contributed by atoms with van der Waals surface area (Å²) in [5.74, 6) is 0.237. The van der Waals surface area contributed by atoms with Crippen molar-refractivity contribution in [2.24, 2.45) is 0 Å². The van der Waals surface area contributed by atoms with Crippen LogP contribution in [0.2, 0.25) is 0 Å². The van der Waals surface area contributed by atoms with Gasteiger partial charge in [0.25, 0.3) is 0 Å². The minimum atomic E-state index is -0.135. The molecule has 0 spiro atoms. The summed E-state index contributed by atoms with van der Waals surface area (Å²) in [5, 5.41) is 5.85. The third kappa shape index (κ3) is 3.78. The number of benzene rings is 1. The predicted molar refractivity (Wildman–Crippen MR) is 85.0 cm³/mol. The number of nitrogens with one attached hydrogen (secondary N) is 1. The zero-order valence-corrected chi connectivity index (χ0v) is 12.7. The van der Waals surface area contributed by atoms with Gasteiger partial charge in [0.2, 0.25) is 5.91 Å². The summed E-state index contributed by atoms with van der Waals surface area (Å²) < 4.78 is 0. The smallest absolute Gasteiger partial charge is 0.248 e. The van der Waals surface area contributed by atoms with E-state index in [-0.39, 0.29) is 5.91 Å². The van der Waals surface area contributed by atoms with Crippen molar-refractivity contribution in [1.29, 1.82) is 0 Å². The van der Waals surface area contributed by atoms with Gasteiger partial charge in [-0.15, -0.1) is 11.3 Å². The van der Waals surface area contributed by atoms with Crippen LogP contribution in [0.25, 0.3) is 6.08 Å². The molecule has 2 aromatic rings. The summed E-state index contributed by atoms with van der Waals surface area (Å²) in [6, 6.07) is 7.87. The van der Waals surface area contributed by atoms with Crippen LogP contribution in [0.4, 0.5) is 5.69 Å². The van der Waals surface area contributed by atoms with Crippen molar-refractivity contribution in [2.75, 3.05) is 5.32 Å². The van der Waals surface area contributed by atoms with Crippen molar-refractivity contribution < 1.29 is 4.79 Å². The molecule has 1 aromatic heterocycles. The first kappa shape index (κ1) is 14.5. The Labute approximate surface area is 123 Å². The highest BCUT2D eigenvalue weighted by Crippen LogP contribution is 2.23. The molecule has 104 valence electrons. The SMILES string of the molecule is Cc1nc(/C=C/C(=O)Nc2ccccc2C(C)C)cs1. The van der Waals surface area contributed by atoms with E-state index in [0.29, 0.717) is 5.92 Å². The van der Waals surface area contributed by atoms with Gasteiger partial charge in [-0.2, -0.15) is 0 Å². The van der Waals surface area contributed by atoms with Gasteiger partial charge >= 0.3 is 0 Å². The van der Waals surface area contributed by atoms with Crippen LogP contribution in [0.1, 0.15) is 36.0 Å². The molecule has 0 unspecified atom stereocenters. The van der Waals surface area contributed by atoms with E-state index in [9.17, 15) is 4.79 Å². The van der Waals surface area contributed by atoms with E-state index in [2.05, 4.69) is 24.1 Å². The summed E-state index contributed by atoms with van der Waals surface area (Å²) >= 11 is 1.57. The van der Waals surface area contributed by atoms with Gasteiger partial charge in [-0.05, 0) is 30.5 Å². The minimum absolute atomic E-state index is 0.135. The first-order valence-electron chi connectivity index (χ1n) is 6.56. The molecule has 3 nitrogen and oxygen atoms in total. The standard InChI is InChI=1S/C16H18N2OS/c1-11(2)14-6-4-5-7-15(14)18-16(19)9-8-13-10-20-12(3)17-13/h4-11H,1-3H3,(H,18,19)/b9-8+. The van der Waals surface area contributed by atoms with Crippen molar-refractivity contribution in [3.8, 4) is 0 Å². The number of carbonyl (C=O) groups is 1. The van der Waals surface area contributed by atoms with Crippen molar-refractivity contribution >= 4 is 29.0 Å². The maximum atomic E-state index is 11.9. The molecular formula is C16H18N2OS. The van der Waals surface area contributed by atoms with Gasteiger partial charge < -0.3 is 5.32 Å². The Bertz CT molecular complexity index is 629. The topological polar surface area (TPSA) is 42.0 Å². The van der Waals surface area contributed by atoms with Crippen molar-refractivity contribution in [2.45, 2.75) is 26.7 Å². The van der Waals surface area contributed by atoms with Gasteiger partial charge in [-0.3, -0.25) is 4.79 Å². The summed E-state index contributed by atoms with van der Waals surface area (Å²) in [7, 11) is 0. The molecule has 1 amide bonds. The number of rotatable bonds is 4. The normalized spacial score (nSPS) is 11.2. The Morgan fingerprint density at radius 2 is 2.10 bits per heavy atom. The zero-order chi connectivity index (χ0) is 14.5. The van der Waals surface area contributed by atoms with Crippen LogP contribution < -0.4 is 5.32 Å². The lowest BCUT2D eigenvalue weighted by Crippen LogP contribution is -2.10. The summed E-state index contributed by atoms with van der Waals surface area (Å²) in [6.45, 7) is 6.17. The fourth-order valence-corrected chi connectivity index (χ4v) is 2.49. The third-order valence-electron chi connectivity index (χ3n) is 2.88. The average Bonchev–Trinajstić information content (AvgIpc) is 2.83. The fraction of sp³-hybridized carbons (Fsp3) is 0.250. The molecule has 0 atom stereocenters. The Morgan fingerprint density at radius 3 is 2.75 bits per heavy atom. The second kappa shape index (κ2) is 6.48.